The summed E-state index contributed by atoms with van der Waals surface area (Å²) in [5.74, 6) is 1.64. The monoisotopic (exact) mass is 707 g/mol. The minimum Gasteiger partial charge on any atom is -0.444 e. The number of ether oxygens (including phenoxy) is 1. The molecule has 2 aromatic carbocycles. The maximum atomic E-state index is 12.6. The summed E-state index contributed by atoms with van der Waals surface area (Å²) in [5, 5.41) is 5.51. The van der Waals surface area contributed by atoms with E-state index in [-0.39, 0.29) is 24.3 Å². The highest BCUT2D eigenvalue weighted by Crippen LogP contribution is 2.27. The van der Waals surface area contributed by atoms with Crippen LogP contribution in [0.1, 0.15) is 73.1 Å². The van der Waals surface area contributed by atoms with Crippen molar-refractivity contribution in [1.82, 2.24) is 20.3 Å². The predicted molar refractivity (Wildman–Crippen MR) is 195 cm³/mol. The lowest BCUT2D eigenvalue weighted by Gasteiger charge is -2.23. The highest BCUT2D eigenvalue weighted by Gasteiger charge is 2.23. The van der Waals surface area contributed by atoms with Crippen LogP contribution in [0.15, 0.2) is 65.4 Å². The topological polar surface area (TPSA) is 161 Å². The molecule has 0 aliphatic heterocycles. The Morgan fingerprint density at radius 2 is 1.64 bits per heavy atom. The normalized spacial score (nSPS) is 12.7. The summed E-state index contributed by atoms with van der Waals surface area (Å²) in [6.07, 6.45) is 4.78. The molecule has 0 spiro atoms. The number of aromatic nitrogens is 3. The van der Waals surface area contributed by atoms with Crippen LogP contribution >= 0.6 is 15.9 Å². The Hall–Kier alpha value is -3.96. The number of hydrogen-bond acceptors (Lipinski definition) is 7. The largest absolute Gasteiger partial charge is 0.444 e. The summed E-state index contributed by atoms with van der Waals surface area (Å²) in [6, 6.07) is 15.6. The third-order valence-electron chi connectivity index (χ3n) is 7.23. The van der Waals surface area contributed by atoms with Gasteiger partial charge < -0.3 is 31.8 Å². The van der Waals surface area contributed by atoms with Crippen LogP contribution < -0.4 is 22.1 Å². The third kappa shape index (κ3) is 12.3. The van der Waals surface area contributed by atoms with Crippen LogP contribution in [0.2, 0.25) is 0 Å². The standard InChI is InChI=1S/C18H28BrN3O3.C18H22N4/c1-11(2)8-12(10-21-17(24)25-18(3,4)5)16(23)22-15-7-6-13(19)9-14(15)20;1-12(2)9-15(11-19)18-21-16-4-3-14(10-17(16)22-18)13-5-7-20-8-6-13/h6-7,9,11-12H,8,10,20H2,1-5H3,(H,21,24)(H,22,23);3-8,10,12,15H,9,11,19H2,1-2H3,(H,21,22). The molecule has 0 radical (unpaired) electrons. The van der Waals surface area contributed by atoms with Gasteiger partial charge in [0.05, 0.1) is 28.3 Å². The number of carbonyl (C=O) groups is 2. The van der Waals surface area contributed by atoms with Gasteiger partial charge in [-0.15, -0.1) is 0 Å². The number of aromatic amines is 1. The summed E-state index contributed by atoms with van der Waals surface area (Å²) in [6.45, 7) is 14.7. The summed E-state index contributed by atoms with van der Waals surface area (Å²) in [7, 11) is 0. The van der Waals surface area contributed by atoms with E-state index in [1.165, 1.54) is 5.56 Å². The van der Waals surface area contributed by atoms with Crippen molar-refractivity contribution < 1.29 is 14.3 Å². The van der Waals surface area contributed by atoms with E-state index in [2.05, 4.69) is 68.6 Å². The van der Waals surface area contributed by atoms with Crippen molar-refractivity contribution in [2.24, 2.45) is 23.5 Å². The minimum atomic E-state index is -0.578. The number of pyridine rings is 1. The third-order valence-corrected chi connectivity index (χ3v) is 7.72. The molecular weight excluding hydrogens is 658 g/mol. The molecule has 4 rings (SSSR count). The number of imidazole rings is 1. The average Bonchev–Trinajstić information content (AvgIpc) is 3.42. The Morgan fingerprint density at radius 3 is 2.23 bits per heavy atom. The molecule has 7 N–H and O–H groups in total. The smallest absolute Gasteiger partial charge is 0.407 e. The van der Waals surface area contributed by atoms with Crippen LogP contribution in [-0.4, -0.2) is 45.6 Å². The zero-order valence-corrected chi connectivity index (χ0v) is 30.1. The number of fused-ring (bicyclic) bond motifs is 1. The molecule has 0 aliphatic rings. The van der Waals surface area contributed by atoms with Gasteiger partial charge >= 0.3 is 6.09 Å². The van der Waals surface area contributed by atoms with E-state index in [4.69, 9.17) is 21.2 Å². The Kier molecular flexibility index (Phi) is 13.8. The zero-order valence-electron chi connectivity index (χ0n) is 28.6. The highest BCUT2D eigenvalue weighted by atomic mass is 79.9. The van der Waals surface area contributed by atoms with Crippen molar-refractivity contribution in [3.8, 4) is 11.1 Å². The number of nitrogen functional groups attached to an aromatic ring is 1. The molecule has 2 amide bonds. The first-order valence-electron chi connectivity index (χ1n) is 16.1. The fourth-order valence-electron chi connectivity index (χ4n) is 5.09. The molecule has 2 atom stereocenters. The molecule has 47 heavy (non-hydrogen) atoms. The molecular formula is C36H50BrN7O3. The van der Waals surface area contributed by atoms with Crippen LogP contribution in [0.3, 0.4) is 0 Å². The highest BCUT2D eigenvalue weighted by molar-refractivity contribution is 9.10. The lowest BCUT2D eigenvalue weighted by Crippen LogP contribution is -2.39. The van der Waals surface area contributed by atoms with Crippen LogP contribution in [0.25, 0.3) is 22.2 Å². The van der Waals surface area contributed by atoms with E-state index in [0.29, 0.717) is 36.2 Å². The number of H-pyrrole nitrogens is 1. The van der Waals surface area contributed by atoms with Gasteiger partial charge in [0.25, 0.3) is 0 Å². The quantitative estimate of drug-likeness (QED) is 0.0991. The second-order valence-electron chi connectivity index (χ2n) is 13.6. The van der Waals surface area contributed by atoms with Crippen molar-refractivity contribution in [3.05, 3.63) is 71.2 Å². The molecule has 4 aromatic rings. The number of carbonyl (C=O) groups excluding carboxylic acids is 2. The first kappa shape index (κ1) is 37.5. The maximum absolute atomic E-state index is 12.6. The minimum absolute atomic E-state index is 0.182. The Bertz CT molecular complexity index is 1600. The molecule has 0 bridgehead atoms. The Morgan fingerprint density at radius 1 is 0.957 bits per heavy atom. The van der Waals surface area contributed by atoms with Crippen molar-refractivity contribution in [3.63, 3.8) is 0 Å². The molecule has 10 nitrogen and oxygen atoms in total. The number of nitrogens with zero attached hydrogens (tertiary/aromatic N) is 2. The summed E-state index contributed by atoms with van der Waals surface area (Å²) in [4.78, 5) is 36.7. The number of nitrogens with two attached hydrogens (primary N) is 2. The number of anilines is 2. The van der Waals surface area contributed by atoms with Gasteiger partial charge in [-0.3, -0.25) is 9.78 Å². The first-order valence-corrected chi connectivity index (χ1v) is 16.9. The van der Waals surface area contributed by atoms with Crippen molar-refractivity contribution >= 4 is 50.3 Å². The molecule has 2 heterocycles. The second kappa shape index (κ2) is 17.3. The van der Waals surface area contributed by atoms with Gasteiger partial charge in [0.1, 0.15) is 11.4 Å². The zero-order chi connectivity index (χ0) is 34.7. The molecule has 0 saturated heterocycles. The first-order chi connectivity index (χ1) is 22.1. The SMILES string of the molecule is CC(C)CC(CN)c1nc2ccc(-c3ccncc3)cc2[nH]1.CC(C)CC(CNC(=O)OC(C)(C)C)C(=O)Nc1ccc(Br)cc1N. The number of nitrogens with one attached hydrogen (secondary N) is 3. The fourth-order valence-corrected chi connectivity index (χ4v) is 5.47. The molecule has 2 unspecified atom stereocenters. The van der Waals surface area contributed by atoms with Gasteiger partial charge in [-0.25, -0.2) is 9.78 Å². The van der Waals surface area contributed by atoms with Gasteiger partial charge in [0.15, 0.2) is 0 Å². The predicted octanol–water partition coefficient (Wildman–Crippen LogP) is 7.87. The Labute approximate surface area is 287 Å². The number of benzene rings is 2. The summed E-state index contributed by atoms with van der Waals surface area (Å²) >= 11 is 3.33. The van der Waals surface area contributed by atoms with Crippen molar-refractivity contribution in [2.75, 3.05) is 24.1 Å². The fraction of sp³-hybridized carbons (Fsp3) is 0.444. The summed E-state index contributed by atoms with van der Waals surface area (Å²) < 4.78 is 6.06. The molecule has 0 saturated carbocycles. The number of halogens is 1. The van der Waals surface area contributed by atoms with Crippen LogP contribution in [0.4, 0.5) is 16.2 Å². The maximum Gasteiger partial charge on any atom is 0.407 e. The lowest BCUT2D eigenvalue weighted by atomic mass is 9.96. The number of amides is 2. The molecule has 0 aliphatic carbocycles. The number of hydrogen-bond donors (Lipinski definition) is 5. The molecule has 11 heteroatoms. The van der Waals surface area contributed by atoms with Gasteiger partial charge in [-0.1, -0.05) is 49.7 Å². The molecule has 0 fully saturated rings. The second-order valence-corrected chi connectivity index (χ2v) is 14.5. The van der Waals surface area contributed by atoms with Crippen molar-refractivity contribution in [1.29, 1.82) is 0 Å². The van der Waals surface area contributed by atoms with Crippen LogP contribution in [0, 0.1) is 17.8 Å². The molecule has 2 aromatic heterocycles. The van der Waals surface area contributed by atoms with E-state index in [1.807, 2.05) is 44.4 Å². The van der Waals surface area contributed by atoms with Gasteiger partial charge in [0.2, 0.25) is 5.91 Å². The number of rotatable bonds is 11. The lowest BCUT2D eigenvalue weighted by molar-refractivity contribution is -0.120. The Balaban J connectivity index is 0.000000257. The summed E-state index contributed by atoms with van der Waals surface area (Å²) in [5.41, 5.74) is 16.7. The van der Waals surface area contributed by atoms with E-state index >= 15 is 0 Å². The van der Waals surface area contributed by atoms with E-state index in [1.54, 1.807) is 32.9 Å². The van der Waals surface area contributed by atoms with Crippen LogP contribution in [0.5, 0.6) is 0 Å². The van der Waals surface area contributed by atoms with Gasteiger partial charge in [0, 0.05) is 35.9 Å². The average molecular weight is 709 g/mol. The van der Waals surface area contributed by atoms with E-state index in [0.717, 1.165) is 33.3 Å². The van der Waals surface area contributed by atoms with Crippen LogP contribution in [-0.2, 0) is 9.53 Å². The van der Waals surface area contributed by atoms with Gasteiger partial charge in [-0.2, -0.15) is 0 Å². The molecule has 254 valence electrons. The van der Waals surface area contributed by atoms with Crippen molar-refractivity contribution in [2.45, 2.75) is 72.8 Å². The van der Waals surface area contributed by atoms with E-state index < -0.39 is 11.7 Å². The van der Waals surface area contributed by atoms with Gasteiger partial charge in [-0.05, 0) is 99.0 Å². The number of alkyl carbamates (subject to hydrolysis) is 1. The van der Waals surface area contributed by atoms with E-state index in [9.17, 15) is 9.59 Å².